The van der Waals surface area contributed by atoms with Crippen LogP contribution in [0.2, 0.25) is 0 Å². The van der Waals surface area contributed by atoms with Crippen LogP contribution in [0.5, 0.6) is 0 Å². The largest absolute Gasteiger partial charge is 0.289 e. The molecule has 4 aromatic rings. The number of rotatable bonds is 6. The summed E-state index contributed by atoms with van der Waals surface area (Å²) in [7, 11) is 0. The Kier molecular flexibility index (Phi) is 5.86. The van der Waals surface area contributed by atoms with Gasteiger partial charge in [-0.3, -0.25) is 24.3 Å². The lowest BCUT2D eigenvalue weighted by molar-refractivity contribution is -0.384. The number of fused-ring (bicyclic) bond motifs is 1. The molecule has 32 heavy (non-hydrogen) atoms. The van der Waals surface area contributed by atoms with Crippen LogP contribution in [0.1, 0.15) is 10.4 Å². The molecule has 9 nitrogen and oxygen atoms in total. The lowest BCUT2D eigenvalue weighted by Gasteiger charge is -2.06. The predicted octanol–water partition coefficient (Wildman–Crippen LogP) is 3.49. The molecule has 0 aliphatic carbocycles. The Morgan fingerprint density at radius 1 is 1.25 bits per heavy atom. The first kappa shape index (κ1) is 21.1. The molecule has 0 aliphatic rings. The number of nitrogens with zero attached hydrogens (tertiary/aromatic N) is 4. The zero-order valence-corrected chi connectivity index (χ0v) is 17.7. The van der Waals surface area contributed by atoms with Crippen molar-refractivity contribution in [3.63, 3.8) is 0 Å². The zero-order chi connectivity index (χ0) is 22.7. The van der Waals surface area contributed by atoms with Crippen LogP contribution >= 0.6 is 11.3 Å². The Balaban J connectivity index is 1.55. The van der Waals surface area contributed by atoms with Crippen LogP contribution in [-0.4, -0.2) is 26.6 Å². The third kappa shape index (κ3) is 4.30. The van der Waals surface area contributed by atoms with Gasteiger partial charge in [-0.1, -0.05) is 42.5 Å². The number of nitro benzene ring substituents is 1. The van der Waals surface area contributed by atoms with E-state index < -0.39 is 10.8 Å². The second-order valence-electron chi connectivity index (χ2n) is 6.90. The first-order chi connectivity index (χ1) is 15.4. The van der Waals surface area contributed by atoms with E-state index in [1.54, 1.807) is 6.07 Å². The van der Waals surface area contributed by atoms with Crippen molar-refractivity contribution < 1.29 is 9.72 Å². The van der Waals surface area contributed by atoms with Gasteiger partial charge in [-0.15, -0.1) is 11.3 Å². The lowest BCUT2D eigenvalue weighted by atomic mass is 10.0. The van der Waals surface area contributed by atoms with E-state index in [0.29, 0.717) is 15.8 Å². The van der Waals surface area contributed by atoms with Crippen LogP contribution in [-0.2, 0) is 11.3 Å². The Morgan fingerprint density at radius 3 is 2.78 bits per heavy atom. The van der Waals surface area contributed by atoms with Gasteiger partial charge in [0.15, 0.2) is 0 Å². The molecule has 4 rings (SSSR count). The number of aryl methyl sites for hydroxylation is 1. The summed E-state index contributed by atoms with van der Waals surface area (Å²) in [6.07, 6.45) is 2.64. The van der Waals surface area contributed by atoms with E-state index in [9.17, 15) is 19.7 Å². The number of hydrogen-bond acceptors (Lipinski definition) is 7. The normalized spacial score (nSPS) is 11.2. The van der Waals surface area contributed by atoms with Gasteiger partial charge in [0.25, 0.3) is 17.2 Å². The Hall–Kier alpha value is -4.18. The smallest absolute Gasteiger partial charge is 0.270 e. The van der Waals surface area contributed by atoms with Crippen molar-refractivity contribution in [1.29, 1.82) is 0 Å². The summed E-state index contributed by atoms with van der Waals surface area (Å²) in [4.78, 5) is 41.7. The summed E-state index contributed by atoms with van der Waals surface area (Å²) < 4.78 is 1.24. The van der Waals surface area contributed by atoms with E-state index in [0.717, 1.165) is 16.0 Å². The molecule has 0 unspecified atom stereocenters. The standard InChI is InChI=1S/C22H17N5O4S/c1-14-19(16-7-3-2-4-8-16)20-21(32-14)23-13-26(22(20)29)12-18(28)25-24-11-15-6-5-9-17(10-15)27(30)31/h2-11,13H,12H2,1H3,(H,25,28). The van der Waals surface area contributed by atoms with Crippen LogP contribution in [0.15, 0.2) is 70.8 Å². The average Bonchev–Trinajstić information content (AvgIpc) is 3.13. The highest BCUT2D eigenvalue weighted by Crippen LogP contribution is 2.35. The second-order valence-corrected chi connectivity index (χ2v) is 8.11. The molecule has 0 saturated carbocycles. The van der Waals surface area contributed by atoms with Crippen LogP contribution in [0.4, 0.5) is 5.69 Å². The third-order valence-corrected chi connectivity index (χ3v) is 5.73. The molecule has 160 valence electrons. The Morgan fingerprint density at radius 2 is 2.03 bits per heavy atom. The van der Waals surface area contributed by atoms with Gasteiger partial charge in [0.2, 0.25) is 0 Å². The first-order valence-electron chi connectivity index (χ1n) is 9.54. The van der Waals surface area contributed by atoms with Gasteiger partial charge >= 0.3 is 0 Å². The van der Waals surface area contributed by atoms with Crippen LogP contribution < -0.4 is 11.0 Å². The van der Waals surface area contributed by atoms with Crippen LogP contribution in [0.25, 0.3) is 21.3 Å². The molecule has 1 amide bonds. The van der Waals surface area contributed by atoms with Crippen molar-refractivity contribution in [2.45, 2.75) is 13.5 Å². The summed E-state index contributed by atoms with van der Waals surface area (Å²) in [6, 6.07) is 15.4. The molecule has 0 radical (unpaired) electrons. The molecule has 0 fully saturated rings. The molecule has 2 heterocycles. The lowest BCUT2D eigenvalue weighted by Crippen LogP contribution is -2.30. The maximum Gasteiger partial charge on any atom is 0.270 e. The molecule has 0 bridgehead atoms. The fourth-order valence-corrected chi connectivity index (χ4v) is 4.29. The number of thiophene rings is 1. The summed E-state index contributed by atoms with van der Waals surface area (Å²) in [5, 5.41) is 15.1. The van der Waals surface area contributed by atoms with Crippen molar-refractivity contribution in [3.05, 3.63) is 91.8 Å². The highest BCUT2D eigenvalue weighted by Gasteiger charge is 2.17. The van der Waals surface area contributed by atoms with E-state index in [-0.39, 0.29) is 17.8 Å². The quantitative estimate of drug-likeness (QED) is 0.276. The van der Waals surface area contributed by atoms with E-state index >= 15 is 0 Å². The number of amides is 1. The summed E-state index contributed by atoms with van der Waals surface area (Å²) in [5.74, 6) is -0.525. The van der Waals surface area contributed by atoms with Gasteiger partial charge in [-0.25, -0.2) is 10.4 Å². The monoisotopic (exact) mass is 447 g/mol. The van der Waals surface area contributed by atoms with Crippen molar-refractivity contribution in [1.82, 2.24) is 15.0 Å². The van der Waals surface area contributed by atoms with E-state index in [1.165, 1.54) is 46.6 Å². The van der Waals surface area contributed by atoms with Crippen molar-refractivity contribution in [2.24, 2.45) is 5.10 Å². The minimum absolute atomic E-state index is 0.0773. The minimum Gasteiger partial charge on any atom is -0.289 e. The number of aromatic nitrogens is 2. The van der Waals surface area contributed by atoms with Crippen molar-refractivity contribution >= 4 is 39.4 Å². The molecular formula is C22H17N5O4S. The van der Waals surface area contributed by atoms with Gasteiger partial charge in [0, 0.05) is 28.1 Å². The first-order valence-corrected chi connectivity index (χ1v) is 10.4. The SMILES string of the molecule is Cc1sc2ncn(CC(=O)NN=Cc3cccc([N+](=O)[O-])c3)c(=O)c2c1-c1ccccc1. The Labute approximate surface area is 185 Å². The maximum absolute atomic E-state index is 13.1. The van der Waals surface area contributed by atoms with E-state index in [2.05, 4.69) is 15.5 Å². The molecule has 0 spiro atoms. The topological polar surface area (TPSA) is 119 Å². The number of non-ortho nitro benzene ring substituents is 1. The fraction of sp³-hybridized carbons (Fsp3) is 0.0909. The molecule has 2 aromatic carbocycles. The summed E-state index contributed by atoms with van der Waals surface area (Å²) in [6.45, 7) is 1.67. The highest BCUT2D eigenvalue weighted by molar-refractivity contribution is 7.19. The van der Waals surface area contributed by atoms with Crippen LogP contribution in [0.3, 0.4) is 0 Å². The maximum atomic E-state index is 13.1. The zero-order valence-electron chi connectivity index (χ0n) is 16.9. The molecular weight excluding hydrogens is 430 g/mol. The Bertz CT molecular complexity index is 1410. The number of benzene rings is 2. The second kappa shape index (κ2) is 8.90. The van der Waals surface area contributed by atoms with E-state index in [4.69, 9.17) is 0 Å². The van der Waals surface area contributed by atoms with Gasteiger partial charge in [0.05, 0.1) is 22.9 Å². The number of nitro groups is 1. The minimum atomic E-state index is -0.525. The van der Waals surface area contributed by atoms with Crippen molar-refractivity contribution in [3.8, 4) is 11.1 Å². The number of nitrogens with one attached hydrogen (secondary N) is 1. The molecule has 0 aliphatic heterocycles. The van der Waals surface area contributed by atoms with Gasteiger partial charge in [0.1, 0.15) is 11.4 Å². The number of hydrazone groups is 1. The predicted molar refractivity (Wildman–Crippen MR) is 123 cm³/mol. The third-order valence-electron chi connectivity index (χ3n) is 4.72. The molecule has 2 aromatic heterocycles. The molecule has 10 heteroatoms. The number of carbonyl (C=O) groups excluding carboxylic acids is 1. The number of hydrogen-bond donors (Lipinski definition) is 1. The molecule has 0 atom stereocenters. The molecule has 1 N–H and O–H groups in total. The van der Waals surface area contributed by atoms with Crippen LogP contribution in [0, 0.1) is 17.0 Å². The molecule has 0 saturated heterocycles. The summed E-state index contributed by atoms with van der Waals surface area (Å²) >= 11 is 1.43. The van der Waals surface area contributed by atoms with Gasteiger partial charge in [-0.2, -0.15) is 5.10 Å². The summed E-state index contributed by atoms with van der Waals surface area (Å²) in [5.41, 5.74) is 4.14. The van der Waals surface area contributed by atoms with Gasteiger partial charge < -0.3 is 0 Å². The fourth-order valence-electron chi connectivity index (χ4n) is 3.29. The highest BCUT2D eigenvalue weighted by atomic mass is 32.1. The van der Waals surface area contributed by atoms with E-state index in [1.807, 2.05) is 37.3 Å². The van der Waals surface area contributed by atoms with Gasteiger partial charge in [-0.05, 0) is 12.5 Å². The average molecular weight is 447 g/mol. The number of carbonyl (C=O) groups is 1. The van der Waals surface area contributed by atoms with Crippen molar-refractivity contribution in [2.75, 3.05) is 0 Å².